The predicted octanol–water partition coefficient (Wildman–Crippen LogP) is 13.6. The summed E-state index contributed by atoms with van der Waals surface area (Å²) in [7, 11) is 0. The molecule has 0 nitrogen and oxygen atoms in total. The molecule has 0 fully saturated rings. The Morgan fingerprint density at radius 3 is 1.37 bits per heavy atom. The number of rotatable bonds is 3. The van der Waals surface area contributed by atoms with Crippen LogP contribution in [0.5, 0.6) is 0 Å². The third-order valence-corrected chi connectivity index (χ3v) is 11.0. The lowest BCUT2D eigenvalue weighted by Crippen LogP contribution is -2.15. The van der Waals surface area contributed by atoms with E-state index in [0.29, 0.717) is 0 Å². The fourth-order valence-electron chi connectivity index (χ4n) is 8.96. The van der Waals surface area contributed by atoms with Gasteiger partial charge in [0, 0.05) is 5.41 Å². The summed E-state index contributed by atoms with van der Waals surface area (Å²) in [6, 6.07) is 62.9. The Balaban J connectivity index is 1.29. The molecule has 0 N–H and O–H groups in total. The van der Waals surface area contributed by atoms with Crippen molar-refractivity contribution in [1.29, 1.82) is 0 Å². The van der Waals surface area contributed by atoms with Crippen molar-refractivity contribution in [2.75, 3.05) is 0 Å². The Hall–Kier alpha value is -5.98. The van der Waals surface area contributed by atoms with E-state index >= 15 is 0 Å². The van der Waals surface area contributed by atoms with Gasteiger partial charge in [0.15, 0.2) is 0 Å². The van der Waals surface area contributed by atoms with Gasteiger partial charge in [0.05, 0.1) is 0 Å². The molecule has 0 radical (unpaired) electrons. The molecule has 0 saturated carbocycles. The van der Waals surface area contributed by atoms with Crippen molar-refractivity contribution in [3.63, 3.8) is 0 Å². The summed E-state index contributed by atoms with van der Waals surface area (Å²) in [5, 5.41) is 10.5. The fourth-order valence-corrected chi connectivity index (χ4v) is 8.96. The Labute approximate surface area is 286 Å². The van der Waals surface area contributed by atoms with Gasteiger partial charge in [0.25, 0.3) is 0 Å². The van der Waals surface area contributed by atoms with Gasteiger partial charge >= 0.3 is 0 Å². The van der Waals surface area contributed by atoms with E-state index < -0.39 is 0 Å². The summed E-state index contributed by atoms with van der Waals surface area (Å²) >= 11 is 0. The van der Waals surface area contributed by atoms with E-state index in [0.717, 1.165) is 0 Å². The molecule has 0 aliphatic heterocycles. The third kappa shape index (κ3) is 3.98. The highest BCUT2D eigenvalue weighted by Gasteiger charge is 2.38. The lowest BCUT2D eigenvalue weighted by Gasteiger charge is -2.24. The van der Waals surface area contributed by atoms with Crippen LogP contribution in [0.4, 0.5) is 0 Å². The fraction of sp³-hybridized carbons (Fsp3) is 0.0612. The molecule has 0 unspecified atom stereocenters. The predicted molar refractivity (Wildman–Crippen MR) is 210 cm³/mol. The van der Waals surface area contributed by atoms with Crippen molar-refractivity contribution in [3.05, 3.63) is 181 Å². The molecular formula is C49H34. The summed E-state index contributed by atoms with van der Waals surface area (Å²) in [5.74, 6) is 0. The Morgan fingerprint density at radius 1 is 0.306 bits per heavy atom. The highest BCUT2D eigenvalue weighted by molar-refractivity contribution is 6.23. The van der Waals surface area contributed by atoms with E-state index in [4.69, 9.17) is 0 Å². The van der Waals surface area contributed by atoms with Crippen LogP contribution in [0.3, 0.4) is 0 Å². The average Bonchev–Trinajstić information content (AvgIpc) is 3.40. The zero-order valence-corrected chi connectivity index (χ0v) is 27.7. The maximum atomic E-state index is 2.50. The van der Waals surface area contributed by atoms with Crippen molar-refractivity contribution in [3.8, 4) is 44.5 Å². The van der Waals surface area contributed by atoms with Crippen LogP contribution in [0.2, 0.25) is 0 Å². The quantitative estimate of drug-likeness (QED) is 0.136. The van der Waals surface area contributed by atoms with Crippen LogP contribution in [0.25, 0.3) is 87.6 Å². The normalized spacial score (nSPS) is 13.3. The molecule has 0 aromatic heterocycles. The third-order valence-electron chi connectivity index (χ3n) is 11.0. The van der Waals surface area contributed by atoms with Gasteiger partial charge < -0.3 is 0 Å². The molecule has 1 aliphatic rings. The van der Waals surface area contributed by atoms with E-state index in [9.17, 15) is 0 Å². The molecule has 9 aromatic carbocycles. The molecule has 0 atom stereocenters. The first kappa shape index (κ1) is 28.1. The van der Waals surface area contributed by atoms with Gasteiger partial charge in [-0.2, -0.15) is 0 Å². The summed E-state index contributed by atoms with van der Waals surface area (Å²) in [5.41, 5.74) is 13.0. The second kappa shape index (κ2) is 10.5. The molecule has 0 heteroatoms. The van der Waals surface area contributed by atoms with E-state index in [1.165, 1.54) is 98.7 Å². The molecule has 0 saturated heterocycles. The largest absolute Gasteiger partial charge is 0.0622 e. The molecule has 0 amide bonds. The van der Waals surface area contributed by atoms with Gasteiger partial charge in [-0.05, 0) is 105 Å². The zero-order chi connectivity index (χ0) is 32.7. The minimum absolute atomic E-state index is 0.123. The molecule has 9 aromatic rings. The van der Waals surface area contributed by atoms with Crippen LogP contribution in [0, 0.1) is 0 Å². The van der Waals surface area contributed by atoms with Gasteiger partial charge in [-0.3, -0.25) is 0 Å². The first-order valence-electron chi connectivity index (χ1n) is 17.3. The molecule has 0 spiro atoms. The molecule has 1 aliphatic carbocycles. The van der Waals surface area contributed by atoms with Crippen molar-refractivity contribution in [1.82, 2.24) is 0 Å². The minimum Gasteiger partial charge on any atom is -0.0622 e. The summed E-state index contributed by atoms with van der Waals surface area (Å²) < 4.78 is 0. The van der Waals surface area contributed by atoms with Gasteiger partial charge in [0.1, 0.15) is 0 Å². The van der Waals surface area contributed by atoms with E-state index in [1.807, 2.05) is 0 Å². The standard InChI is InChI=1S/C49H34/c1-49(2)44-29-28-32(30-43(44)47-37-22-10-7-19-34(37)35-20-8-15-27-42(35)48(47)49)45-38-23-11-13-25-40(38)46(41-26-14-12-24-39(41)45)36-21-9-6-18-33(36)31-16-4-3-5-17-31/h3-30H,1-2H3. The maximum Gasteiger partial charge on any atom is 0.0165 e. The van der Waals surface area contributed by atoms with Crippen molar-refractivity contribution < 1.29 is 0 Å². The highest BCUT2D eigenvalue weighted by atomic mass is 14.4. The molecule has 10 rings (SSSR count). The van der Waals surface area contributed by atoms with Crippen LogP contribution in [-0.2, 0) is 5.41 Å². The minimum atomic E-state index is -0.123. The van der Waals surface area contributed by atoms with Crippen molar-refractivity contribution in [2.24, 2.45) is 0 Å². The topological polar surface area (TPSA) is 0 Å². The summed E-state index contributed by atoms with van der Waals surface area (Å²) in [6.07, 6.45) is 0. The lowest BCUT2D eigenvalue weighted by atomic mass is 9.79. The number of benzene rings is 9. The van der Waals surface area contributed by atoms with Gasteiger partial charge in [0.2, 0.25) is 0 Å². The second-order valence-electron chi connectivity index (χ2n) is 14.0. The number of hydrogen-bond acceptors (Lipinski definition) is 0. The molecule has 49 heavy (non-hydrogen) atoms. The highest BCUT2D eigenvalue weighted by Crippen LogP contribution is 2.56. The number of fused-ring (bicyclic) bond motifs is 10. The molecular weight excluding hydrogens is 589 g/mol. The van der Waals surface area contributed by atoms with Crippen LogP contribution in [0.1, 0.15) is 25.0 Å². The van der Waals surface area contributed by atoms with Crippen LogP contribution in [-0.4, -0.2) is 0 Å². The smallest absolute Gasteiger partial charge is 0.0165 e. The van der Waals surface area contributed by atoms with Crippen LogP contribution in [0.15, 0.2) is 170 Å². The first-order chi connectivity index (χ1) is 24.1. The van der Waals surface area contributed by atoms with Crippen LogP contribution >= 0.6 is 0 Å². The van der Waals surface area contributed by atoms with Gasteiger partial charge in [-0.15, -0.1) is 0 Å². The lowest BCUT2D eigenvalue weighted by molar-refractivity contribution is 0.666. The molecule has 230 valence electrons. The van der Waals surface area contributed by atoms with E-state index in [2.05, 4.69) is 184 Å². The van der Waals surface area contributed by atoms with Gasteiger partial charge in [-0.1, -0.05) is 178 Å². The van der Waals surface area contributed by atoms with E-state index in [1.54, 1.807) is 0 Å². The Bertz CT molecular complexity index is 2720. The van der Waals surface area contributed by atoms with Crippen molar-refractivity contribution >= 4 is 43.1 Å². The van der Waals surface area contributed by atoms with E-state index in [-0.39, 0.29) is 5.41 Å². The SMILES string of the molecule is CC1(C)c2ccc(-c3c4ccccc4c(-c4ccccc4-c4ccccc4)c4ccccc34)cc2-c2c1c1ccccc1c1ccccc21. The summed E-state index contributed by atoms with van der Waals surface area (Å²) in [6.45, 7) is 4.81. The van der Waals surface area contributed by atoms with Gasteiger partial charge in [-0.25, -0.2) is 0 Å². The first-order valence-corrected chi connectivity index (χ1v) is 17.3. The van der Waals surface area contributed by atoms with Crippen molar-refractivity contribution in [2.45, 2.75) is 19.3 Å². The average molecular weight is 623 g/mol. The number of hydrogen-bond donors (Lipinski definition) is 0. The zero-order valence-electron chi connectivity index (χ0n) is 27.7. The maximum absolute atomic E-state index is 2.50. The summed E-state index contributed by atoms with van der Waals surface area (Å²) in [4.78, 5) is 0. The molecule has 0 heterocycles. The van der Waals surface area contributed by atoms with Crippen LogP contribution < -0.4 is 0 Å². The molecule has 0 bridgehead atoms. The Kier molecular flexibility index (Phi) is 6.02. The Morgan fingerprint density at radius 2 is 0.755 bits per heavy atom. The second-order valence-corrected chi connectivity index (χ2v) is 14.0. The monoisotopic (exact) mass is 622 g/mol.